The summed E-state index contributed by atoms with van der Waals surface area (Å²) in [5, 5.41) is -0.629. The Morgan fingerprint density at radius 3 is 1.83 bits per heavy atom. The largest absolute Gasteiger partial charge is 0.456 e. The second kappa shape index (κ2) is 10.7. The van der Waals surface area contributed by atoms with Crippen LogP contribution in [0.5, 0.6) is 0 Å². The van der Waals surface area contributed by atoms with Gasteiger partial charge in [0, 0.05) is 33.0 Å². The van der Waals surface area contributed by atoms with E-state index in [4.69, 9.17) is 37.6 Å². The number of nitrogens with zero attached hydrogens (tertiary/aromatic N) is 3. The van der Waals surface area contributed by atoms with Crippen LogP contribution in [0.4, 0.5) is 0 Å². The molecule has 0 atom stereocenters. The van der Waals surface area contributed by atoms with E-state index < -0.39 is 224 Å². The third-order valence-electron chi connectivity index (χ3n) is 6.61. The van der Waals surface area contributed by atoms with Crippen LogP contribution in [0, 0.1) is 0 Å². The fraction of sp³-hybridized carbons (Fsp3) is 0. The van der Waals surface area contributed by atoms with Crippen LogP contribution in [0.1, 0.15) is 32.9 Å². The molecule has 9 aromatic rings. The number of rotatable bonds is 5. The molecule has 0 aliphatic rings. The third-order valence-corrected chi connectivity index (χ3v) is 6.61. The van der Waals surface area contributed by atoms with Crippen molar-refractivity contribution < 1.29 is 41.7 Å². The molecular weight excluding hydrogens is 566 g/mol. The zero-order valence-electron chi connectivity index (χ0n) is 46.7. The molecule has 46 heavy (non-hydrogen) atoms. The third kappa shape index (κ3) is 4.62. The molecule has 0 amide bonds. The smallest absolute Gasteiger partial charge is 0.227 e. The molecule has 0 fully saturated rings. The maximum absolute atomic E-state index is 9.24. The summed E-state index contributed by atoms with van der Waals surface area (Å²) in [7, 11) is 0. The lowest BCUT2D eigenvalue weighted by molar-refractivity contribution is 0.620. The average Bonchev–Trinajstić information content (AvgIpc) is 3.96. The van der Waals surface area contributed by atoms with Crippen molar-refractivity contribution in [1.82, 2.24) is 15.0 Å². The van der Waals surface area contributed by atoms with Crippen molar-refractivity contribution in [1.29, 1.82) is 0 Å². The van der Waals surface area contributed by atoms with E-state index in [9.17, 15) is 4.11 Å². The molecule has 5 nitrogen and oxygen atoms in total. The van der Waals surface area contributed by atoms with Crippen molar-refractivity contribution in [3.05, 3.63) is 151 Å². The highest BCUT2D eigenvalue weighted by Crippen LogP contribution is 2.34. The lowest BCUT2D eigenvalue weighted by Crippen LogP contribution is -1.96. The molecule has 3 heterocycles. The van der Waals surface area contributed by atoms with Crippen LogP contribution in [0.2, 0.25) is 0 Å². The van der Waals surface area contributed by atoms with Gasteiger partial charge in [0.15, 0.2) is 11.4 Å². The van der Waals surface area contributed by atoms with Gasteiger partial charge in [-0.3, -0.25) is 0 Å². The summed E-state index contributed by atoms with van der Waals surface area (Å²) in [4.78, 5) is 12.8. The summed E-state index contributed by atoms with van der Waals surface area (Å²) in [6.07, 6.45) is 0. The zero-order valence-corrected chi connectivity index (χ0v) is 22.7. The fourth-order valence-corrected chi connectivity index (χ4v) is 4.51. The predicted molar refractivity (Wildman–Crippen MR) is 184 cm³/mol. The number of hydrogen-bond donors (Lipinski definition) is 0. The zero-order chi connectivity index (χ0) is 51.3. The number of benzene rings is 6. The molecule has 0 radical (unpaired) electrons. The van der Waals surface area contributed by atoms with Gasteiger partial charge < -0.3 is 8.83 Å². The van der Waals surface area contributed by atoms with Crippen molar-refractivity contribution in [2.75, 3.05) is 0 Å². The van der Waals surface area contributed by atoms with Crippen molar-refractivity contribution >= 4 is 33.0 Å². The molecular formula is C41H25N3O2. The molecule has 0 N–H and O–H groups in total. The van der Waals surface area contributed by atoms with Crippen molar-refractivity contribution in [2.24, 2.45) is 0 Å². The molecule has 0 spiro atoms. The van der Waals surface area contributed by atoms with Crippen LogP contribution in [0.3, 0.4) is 0 Å². The standard InChI is InChI=1S/C41H25N3O2/c1-3-9-27(10-4-1)35-25-36(31-19-21-33-32-13-7-8-14-37(32)45-38(33)24-31)43-40(42-35)28-17-15-26(16-18-28)30-20-22-34-39(23-30)46-41(44-34)29-11-5-2-6-12-29/h1-25H/i1D,2D,3D,4D,5D,6D,7D,8D,9D,10D,11D,12D,13D,14D,15D,16D,17D,18D,19D,20D,21D,22D,23D,24D. The van der Waals surface area contributed by atoms with Gasteiger partial charge in [0.2, 0.25) is 5.89 Å². The minimum atomic E-state index is -0.961. The van der Waals surface area contributed by atoms with Crippen molar-refractivity contribution in [3.63, 3.8) is 0 Å². The Balaban J connectivity index is 1.32. The van der Waals surface area contributed by atoms with Crippen LogP contribution in [0.15, 0.2) is 160 Å². The molecule has 216 valence electrons. The lowest BCUT2D eigenvalue weighted by Gasteiger charge is -2.10. The average molecular weight is 616 g/mol. The highest BCUT2D eigenvalue weighted by molar-refractivity contribution is 6.05. The number of fused-ring (bicyclic) bond motifs is 4. The molecule has 0 aliphatic carbocycles. The lowest BCUT2D eigenvalue weighted by atomic mass is 10.0. The van der Waals surface area contributed by atoms with Gasteiger partial charge in [0.25, 0.3) is 0 Å². The number of hydrogen-bond acceptors (Lipinski definition) is 5. The summed E-state index contributed by atoms with van der Waals surface area (Å²) >= 11 is 0. The first-order valence-electron chi connectivity index (χ1n) is 25.2. The monoisotopic (exact) mass is 615 g/mol. The van der Waals surface area contributed by atoms with E-state index in [1.54, 1.807) is 0 Å². The Hall–Kier alpha value is -6.33. The SMILES string of the molecule is [2H]c1c([2H])c([2H])c(-c2cc(-c3c([2H])c([2H])c4c(oc5c([2H])c([2H])c([2H])c([2H])c54)c3[2H])nc(-c3c([2H])c([2H])c(-c4c([2H])c([2H])c5nc(-c6c([2H])c([2H])c([2H])c([2H])c6[2H])oc5c4[2H])c([2H])c3[2H])n2)c([2H])c1[2H]. The topological polar surface area (TPSA) is 65.0 Å². The van der Waals surface area contributed by atoms with Crippen LogP contribution in [0.25, 0.3) is 89.5 Å². The molecule has 0 unspecified atom stereocenters. The molecule has 6 aromatic carbocycles. The van der Waals surface area contributed by atoms with Gasteiger partial charge in [-0.05, 0) is 59.5 Å². The quantitative estimate of drug-likeness (QED) is 0.193. The van der Waals surface area contributed by atoms with Gasteiger partial charge in [-0.25, -0.2) is 15.0 Å². The number of aromatic nitrogens is 3. The van der Waals surface area contributed by atoms with Gasteiger partial charge in [0.1, 0.15) is 16.7 Å². The molecule has 5 heteroatoms. The first-order valence-corrected chi connectivity index (χ1v) is 13.2. The van der Waals surface area contributed by atoms with Gasteiger partial charge in [0.05, 0.1) is 44.3 Å². The summed E-state index contributed by atoms with van der Waals surface area (Å²) in [6, 6.07) is -17.8. The van der Waals surface area contributed by atoms with Gasteiger partial charge in [-0.1, -0.05) is 103 Å². The number of para-hydroxylation sites is 1. The second-order valence-corrected chi connectivity index (χ2v) is 9.42. The van der Waals surface area contributed by atoms with Crippen molar-refractivity contribution in [3.8, 4) is 56.5 Å². The number of furan rings is 1. The van der Waals surface area contributed by atoms with E-state index in [-0.39, 0.29) is 10.8 Å². The second-order valence-electron chi connectivity index (χ2n) is 9.42. The maximum atomic E-state index is 9.24. The predicted octanol–water partition coefficient (Wildman–Crippen LogP) is 10.9. The van der Waals surface area contributed by atoms with E-state index in [1.807, 2.05) is 0 Å². The minimum Gasteiger partial charge on any atom is -0.456 e. The van der Waals surface area contributed by atoms with Gasteiger partial charge in [-0.15, -0.1) is 0 Å². The molecule has 9 rings (SSSR count). The molecule has 0 saturated heterocycles. The summed E-state index contributed by atoms with van der Waals surface area (Å²) in [5.41, 5.74) is -6.84. The summed E-state index contributed by atoms with van der Waals surface area (Å²) < 4.78 is 219. The molecule has 0 saturated carbocycles. The Bertz CT molecular complexity index is 3820. The first kappa shape index (κ1) is 11.5. The molecule has 3 aromatic heterocycles. The Kier molecular flexibility index (Phi) is 2.68. The summed E-state index contributed by atoms with van der Waals surface area (Å²) in [6.45, 7) is 0. The van der Waals surface area contributed by atoms with Crippen LogP contribution < -0.4 is 0 Å². The molecule has 0 aliphatic heterocycles. The maximum Gasteiger partial charge on any atom is 0.227 e. The molecule has 0 bridgehead atoms. The fourth-order valence-electron chi connectivity index (χ4n) is 4.51. The van der Waals surface area contributed by atoms with E-state index >= 15 is 0 Å². The van der Waals surface area contributed by atoms with Crippen LogP contribution >= 0.6 is 0 Å². The van der Waals surface area contributed by atoms with E-state index in [1.165, 1.54) is 0 Å². The summed E-state index contributed by atoms with van der Waals surface area (Å²) in [5.74, 6) is -1.38. The highest BCUT2D eigenvalue weighted by atomic mass is 16.3. The Morgan fingerprint density at radius 1 is 0.413 bits per heavy atom. The Morgan fingerprint density at radius 2 is 1.02 bits per heavy atom. The van der Waals surface area contributed by atoms with Gasteiger partial charge in [-0.2, -0.15) is 0 Å². The highest BCUT2D eigenvalue weighted by Gasteiger charge is 2.14. The number of oxazole rings is 1. The van der Waals surface area contributed by atoms with Crippen LogP contribution in [-0.2, 0) is 0 Å². The van der Waals surface area contributed by atoms with Gasteiger partial charge >= 0.3 is 0 Å². The normalized spacial score (nSPS) is 18.8. The van der Waals surface area contributed by atoms with E-state index in [0.29, 0.717) is 0 Å². The van der Waals surface area contributed by atoms with Crippen molar-refractivity contribution in [2.45, 2.75) is 0 Å². The minimum absolute atomic E-state index is 0.298. The Labute approximate surface area is 298 Å². The van der Waals surface area contributed by atoms with E-state index in [0.717, 1.165) is 6.07 Å². The first-order chi connectivity index (χ1) is 32.8. The van der Waals surface area contributed by atoms with E-state index in [2.05, 4.69) is 15.0 Å². The van der Waals surface area contributed by atoms with Crippen LogP contribution in [-0.4, -0.2) is 15.0 Å².